The first-order valence-corrected chi connectivity index (χ1v) is 10.3. The van der Waals surface area contributed by atoms with Crippen LogP contribution in [-0.4, -0.2) is 37.0 Å². The van der Waals surface area contributed by atoms with Crippen LogP contribution in [0.4, 0.5) is 4.79 Å². The summed E-state index contributed by atoms with van der Waals surface area (Å²) in [7, 11) is 0. The van der Waals surface area contributed by atoms with Crippen LogP contribution >= 0.6 is 0 Å². The molecule has 0 saturated carbocycles. The van der Waals surface area contributed by atoms with Gasteiger partial charge >= 0.3 is 18.0 Å². The Kier molecular flexibility index (Phi) is 7.75. The molecular formula is C24H24N2O6. The number of rotatable bonds is 9. The summed E-state index contributed by atoms with van der Waals surface area (Å²) in [4.78, 5) is 49.2. The zero-order chi connectivity index (χ0) is 22.9. The molecule has 0 fully saturated rings. The minimum atomic E-state index is -0.752. The Hall–Kier alpha value is -3.94. The minimum absolute atomic E-state index is 0.00676. The Morgan fingerprint density at radius 2 is 1.56 bits per heavy atom. The summed E-state index contributed by atoms with van der Waals surface area (Å²) in [6.07, 6.45) is -0.128. The fourth-order valence-corrected chi connectivity index (χ4v) is 3.29. The Labute approximate surface area is 185 Å². The lowest BCUT2D eigenvalue weighted by molar-refractivity contribution is -0.143. The summed E-state index contributed by atoms with van der Waals surface area (Å²) < 4.78 is 10.4. The number of carbonyl (C=O) groups is 4. The molecule has 166 valence electrons. The van der Waals surface area contributed by atoms with Crippen LogP contribution in [0.3, 0.4) is 0 Å². The molecule has 1 heterocycles. The van der Waals surface area contributed by atoms with E-state index < -0.39 is 24.0 Å². The van der Waals surface area contributed by atoms with Gasteiger partial charge in [-0.15, -0.1) is 0 Å². The molecule has 1 unspecified atom stereocenters. The van der Waals surface area contributed by atoms with Gasteiger partial charge in [0.1, 0.15) is 6.61 Å². The number of benzene rings is 2. The second-order valence-corrected chi connectivity index (χ2v) is 7.00. The summed E-state index contributed by atoms with van der Waals surface area (Å²) >= 11 is 0. The van der Waals surface area contributed by atoms with Gasteiger partial charge in [-0.1, -0.05) is 60.7 Å². The van der Waals surface area contributed by atoms with Crippen LogP contribution in [0.2, 0.25) is 0 Å². The molecule has 1 aliphatic heterocycles. The van der Waals surface area contributed by atoms with E-state index in [0.29, 0.717) is 11.1 Å². The molecule has 8 heteroatoms. The van der Waals surface area contributed by atoms with Crippen LogP contribution in [-0.2, 0) is 19.1 Å². The van der Waals surface area contributed by atoms with Crippen LogP contribution in [0.1, 0.15) is 41.7 Å². The number of hydrogen-bond donors (Lipinski definition) is 2. The van der Waals surface area contributed by atoms with E-state index in [1.165, 1.54) is 0 Å². The first-order valence-electron chi connectivity index (χ1n) is 10.3. The third-order valence-corrected chi connectivity index (χ3v) is 4.81. The van der Waals surface area contributed by atoms with Crippen molar-refractivity contribution >= 4 is 23.8 Å². The average Bonchev–Trinajstić information content (AvgIpc) is 2.82. The van der Waals surface area contributed by atoms with Crippen LogP contribution in [0.25, 0.3) is 0 Å². The van der Waals surface area contributed by atoms with Gasteiger partial charge in [-0.05, 0) is 12.5 Å². The molecule has 8 nitrogen and oxygen atoms in total. The van der Waals surface area contributed by atoms with Crippen LogP contribution < -0.4 is 10.6 Å². The smallest absolute Gasteiger partial charge is 0.338 e. The van der Waals surface area contributed by atoms with E-state index in [9.17, 15) is 19.2 Å². The van der Waals surface area contributed by atoms with Crippen molar-refractivity contribution < 1.29 is 28.7 Å². The molecule has 1 aliphatic rings. The topological polar surface area (TPSA) is 111 Å². The second kappa shape index (κ2) is 10.9. The number of urea groups is 1. The summed E-state index contributed by atoms with van der Waals surface area (Å²) in [6.45, 7) is 1.49. The molecule has 2 amide bonds. The molecule has 2 aromatic rings. The maximum Gasteiger partial charge on any atom is 0.338 e. The van der Waals surface area contributed by atoms with Gasteiger partial charge in [0.05, 0.1) is 30.3 Å². The number of amides is 2. The molecule has 2 N–H and O–H groups in total. The van der Waals surface area contributed by atoms with Gasteiger partial charge in [-0.2, -0.15) is 0 Å². The van der Waals surface area contributed by atoms with Gasteiger partial charge in [0.15, 0.2) is 5.78 Å². The van der Waals surface area contributed by atoms with E-state index >= 15 is 0 Å². The summed E-state index contributed by atoms with van der Waals surface area (Å²) in [5, 5.41) is 5.24. The van der Waals surface area contributed by atoms with Crippen molar-refractivity contribution in [1.82, 2.24) is 10.6 Å². The standard InChI is InChI=1S/C24H24N2O6/c1-2-31-23(29)21-18(25-24(30)26-22(21)17-11-7-4-8-12-17)15-32-20(28)14-13-19(27)16-9-5-3-6-10-16/h3-12,22H,2,13-15H2,1H3,(H2,25,26,30). The van der Waals surface area contributed by atoms with Gasteiger partial charge in [0, 0.05) is 12.0 Å². The number of nitrogens with one attached hydrogen (secondary N) is 2. The Bertz CT molecular complexity index is 1020. The van der Waals surface area contributed by atoms with Crippen molar-refractivity contribution in [3.05, 3.63) is 83.1 Å². The lowest BCUT2D eigenvalue weighted by atomic mass is 9.95. The van der Waals surface area contributed by atoms with E-state index in [1.54, 1.807) is 61.5 Å². The van der Waals surface area contributed by atoms with E-state index in [2.05, 4.69) is 10.6 Å². The van der Waals surface area contributed by atoms with Gasteiger partial charge in [-0.25, -0.2) is 9.59 Å². The second-order valence-electron chi connectivity index (χ2n) is 7.00. The van der Waals surface area contributed by atoms with Crippen molar-refractivity contribution in [1.29, 1.82) is 0 Å². The molecule has 2 aromatic carbocycles. The highest BCUT2D eigenvalue weighted by atomic mass is 16.5. The maximum absolute atomic E-state index is 12.7. The number of carbonyl (C=O) groups excluding carboxylic acids is 4. The molecular weight excluding hydrogens is 412 g/mol. The third-order valence-electron chi connectivity index (χ3n) is 4.81. The predicted molar refractivity (Wildman–Crippen MR) is 115 cm³/mol. The number of Topliss-reactive ketones (excluding diaryl/α,β-unsaturated/α-hetero) is 1. The Morgan fingerprint density at radius 1 is 0.906 bits per heavy atom. The zero-order valence-electron chi connectivity index (χ0n) is 17.6. The SMILES string of the molecule is CCOC(=O)C1=C(COC(=O)CCC(=O)c2ccccc2)NC(=O)NC1c1ccccc1. The first-order chi connectivity index (χ1) is 15.5. The van der Waals surface area contributed by atoms with Crippen molar-refractivity contribution in [2.45, 2.75) is 25.8 Å². The largest absolute Gasteiger partial charge is 0.463 e. The highest BCUT2D eigenvalue weighted by molar-refractivity contribution is 5.97. The summed E-state index contributed by atoms with van der Waals surface area (Å²) in [5.41, 5.74) is 1.50. The molecule has 1 atom stereocenters. The van der Waals surface area contributed by atoms with E-state index in [4.69, 9.17) is 9.47 Å². The quantitative estimate of drug-likeness (QED) is 0.462. The van der Waals surface area contributed by atoms with Crippen molar-refractivity contribution in [3.8, 4) is 0 Å². The van der Waals surface area contributed by atoms with Crippen molar-refractivity contribution in [3.63, 3.8) is 0 Å². The lowest BCUT2D eigenvalue weighted by Crippen LogP contribution is -2.47. The number of hydrogen-bond acceptors (Lipinski definition) is 6. The summed E-state index contributed by atoms with van der Waals surface area (Å²) in [6, 6.07) is 16.3. The van der Waals surface area contributed by atoms with Gasteiger partial charge in [0.25, 0.3) is 0 Å². The predicted octanol–water partition coefficient (Wildman–Crippen LogP) is 3.06. The molecule has 0 bridgehead atoms. The zero-order valence-corrected chi connectivity index (χ0v) is 17.6. The third kappa shape index (κ3) is 5.81. The van der Waals surface area contributed by atoms with E-state index in [0.717, 1.165) is 0 Å². The van der Waals surface area contributed by atoms with Crippen LogP contribution in [0, 0.1) is 0 Å². The Morgan fingerprint density at radius 3 is 2.22 bits per heavy atom. The number of esters is 2. The molecule has 0 aromatic heterocycles. The molecule has 3 rings (SSSR count). The highest BCUT2D eigenvalue weighted by Gasteiger charge is 2.34. The van der Waals surface area contributed by atoms with Gasteiger partial charge in [-0.3, -0.25) is 9.59 Å². The van der Waals surface area contributed by atoms with Crippen LogP contribution in [0.15, 0.2) is 71.9 Å². The Balaban J connectivity index is 1.72. The fourth-order valence-electron chi connectivity index (χ4n) is 3.29. The van der Waals surface area contributed by atoms with E-state index in [-0.39, 0.29) is 43.1 Å². The van der Waals surface area contributed by atoms with E-state index in [1.807, 2.05) is 6.07 Å². The minimum Gasteiger partial charge on any atom is -0.463 e. The lowest BCUT2D eigenvalue weighted by Gasteiger charge is -2.29. The molecule has 0 aliphatic carbocycles. The normalized spacial score (nSPS) is 15.4. The van der Waals surface area contributed by atoms with Crippen LogP contribution in [0.5, 0.6) is 0 Å². The highest BCUT2D eigenvalue weighted by Crippen LogP contribution is 2.27. The van der Waals surface area contributed by atoms with Crippen molar-refractivity contribution in [2.24, 2.45) is 0 Å². The maximum atomic E-state index is 12.7. The number of ether oxygens (including phenoxy) is 2. The summed E-state index contributed by atoms with van der Waals surface area (Å²) in [5.74, 6) is -1.42. The molecule has 32 heavy (non-hydrogen) atoms. The molecule has 0 spiro atoms. The average molecular weight is 436 g/mol. The molecule has 0 radical (unpaired) electrons. The molecule has 0 saturated heterocycles. The first kappa shape index (κ1) is 22.7. The monoisotopic (exact) mass is 436 g/mol. The van der Waals surface area contributed by atoms with Gasteiger partial charge in [0.2, 0.25) is 0 Å². The van der Waals surface area contributed by atoms with Gasteiger partial charge < -0.3 is 20.1 Å². The fraction of sp³-hybridized carbons (Fsp3) is 0.250. The van der Waals surface area contributed by atoms with Crippen molar-refractivity contribution in [2.75, 3.05) is 13.2 Å². The number of ketones is 1.